The Morgan fingerprint density at radius 3 is 2.79 bits per heavy atom. The lowest BCUT2D eigenvalue weighted by Crippen LogP contribution is -2.49. The van der Waals surface area contributed by atoms with Crippen molar-refractivity contribution in [1.82, 2.24) is 20.1 Å². The first-order chi connectivity index (χ1) is 10.8. The van der Waals surface area contributed by atoms with Gasteiger partial charge in [0.15, 0.2) is 0 Å². The number of hydrogen-bond acceptors (Lipinski definition) is 5. The van der Waals surface area contributed by atoms with Crippen LogP contribution in [0.15, 0.2) is 24.5 Å². The van der Waals surface area contributed by atoms with Crippen LogP contribution in [0.4, 0.5) is 0 Å². The Hall–Kier alpha value is -0.530. The summed E-state index contributed by atoms with van der Waals surface area (Å²) in [6.45, 7) is 6.20. The third-order valence-corrected chi connectivity index (χ3v) is 5.39. The Morgan fingerprint density at radius 2 is 2.08 bits per heavy atom. The van der Waals surface area contributed by atoms with E-state index in [0.29, 0.717) is 11.8 Å². The van der Waals surface area contributed by atoms with E-state index in [1.807, 2.05) is 17.2 Å². The number of piperazine rings is 1. The molecule has 2 saturated heterocycles. The Labute approximate surface area is 160 Å². The number of amides is 1. The van der Waals surface area contributed by atoms with Gasteiger partial charge in [0.05, 0.1) is 5.75 Å². The second-order valence-electron chi connectivity index (χ2n) is 5.92. The molecule has 0 aromatic carbocycles. The molecule has 0 saturated carbocycles. The minimum Gasteiger partial charge on any atom is -0.340 e. The van der Waals surface area contributed by atoms with Crippen LogP contribution in [0.5, 0.6) is 0 Å². The lowest BCUT2D eigenvalue weighted by molar-refractivity contribution is -0.127. The minimum atomic E-state index is 0. The van der Waals surface area contributed by atoms with E-state index in [-0.39, 0.29) is 30.7 Å². The van der Waals surface area contributed by atoms with Gasteiger partial charge in [0.2, 0.25) is 5.91 Å². The molecular formula is C16H26Cl2N4OS. The van der Waals surface area contributed by atoms with Gasteiger partial charge < -0.3 is 10.2 Å². The molecule has 2 aliphatic heterocycles. The standard InChI is InChI=1S/C16H24N4OS.2ClH/c21-16(13-22-12-14-2-1-4-18-10-14)20-7-3-15(11-20)19-8-5-17-6-9-19;;/h1-2,4,10,15,17H,3,5-9,11-13H2;2*1H. The highest BCUT2D eigenvalue weighted by Crippen LogP contribution is 2.18. The summed E-state index contributed by atoms with van der Waals surface area (Å²) in [5, 5.41) is 3.38. The van der Waals surface area contributed by atoms with Crippen molar-refractivity contribution >= 4 is 42.5 Å². The highest BCUT2D eigenvalue weighted by molar-refractivity contribution is 7.99. The van der Waals surface area contributed by atoms with Gasteiger partial charge in [-0.25, -0.2) is 0 Å². The molecule has 3 rings (SSSR count). The van der Waals surface area contributed by atoms with Gasteiger partial charge in [0.25, 0.3) is 0 Å². The molecule has 24 heavy (non-hydrogen) atoms. The summed E-state index contributed by atoms with van der Waals surface area (Å²) in [7, 11) is 0. The fourth-order valence-electron chi connectivity index (χ4n) is 3.14. The highest BCUT2D eigenvalue weighted by atomic mass is 35.5. The number of likely N-dealkylation sites (tertiary alicyclic amines) is 1. The van der Waals surface area contributed by atoms with Crippen LogP contribution in [0.1, 0.15) is 12.0 Å². The average Bonchev–Trinajstić information content (AvgIpc) is 3.07. The molecule has 1 aromatic rings. The molecule has 1 aromatic heterocycles. The maximum Gasteiger partial charge on any atom is 0.232 e. The number of pyridine rings is 1. The quantitative estimate of drug-likeness (QED) is 0.825. The molecule has 0 spiro atoms. The van der Waals surface area contributed by atoms with E-state index >= 15 is 0 Å². The van der Waals surface area contributed by atoms with Crippen LogP contribution in [-0.2, 0) is 10.5 Å². The molecule has 0 bridgehead atoms. The van der Waals surface area contributed by atoms with Crippen molar-refractivity contribution in [3.05, 3.63) is 30.1 Å². The van der Waals surface area contributed by atoms with Crippen LogP contribution in [0.25, 0.3) is 0 Å². The summed E-state index contributed by atoms with van der Waals surface area (Å²) in [6.07, 6.45) is 4.77. The fourth-order valence-corrected chi connectivity index (χ4v) is 4.01. The molecule has 5 nitrogen and oxygen atoms in total. The minimum absolute atomic E-state index is 0. The predicted octanol–water partition coefficient (Wildman–Crippen LogP) is 1.66. The smallest absolute Gasteiger partial charge is 0.232 e. The van der Waals surface area contributed by atoms with Crippen molar-refractivity contribution in [3.63, 3.8) is 0 Å². The van der Waals surface area contributed by atoms with Crippen molar-refractivity contribution < 1.29 is 4.79 Å². The molecule has 0 aliphatic carbocycles. The van der Waals surface area contributed by atoms with E-state index in [1.165, 1.54) is 5.56 Å². The van der Waals surface area contributed by atoms with Gasteiger partial charge in [-0.2, -0.15) is 0 Å². The summed E-state index contributed by atoms with van der Waals surface area (Å²) in [5.74, 6) is 1.71. The van der Waals surface area contributed by atoms with Crippen molar-refractivity contribution in [1.29, 1.82) is 0 Å². The third-order valence-electron chi connectivity index (χ3n) is 4.40. The Morgan fingerprint density at radius 1 is 1.29 bits per heavy atom. The second-order valence-corrected chi connectivity index (χ2v) is 6.91. The Kier molecular flexibility index (Phi) is 10.0. The number of rotatable bonds is 5. The van der Waals surface area contributed by atoms with Crippen molar-refractivity contribution in [2.24, 2.45) is 0 Å². The predicted molar refractivity (Wildman–Crippen MR) is 104 cm³/mol. The van der Waals surface area contributed by atoms with E-state index in [2.05, 4.69) is 21.3 Å². The Bertz CT molecular complexity index is 488. The van der Waals surface area contributed by atoms with Crippen LogP contribution in [0, 0.1) is 0 Å². The largest absolute Gasteiger partial charge is 0.340 e. The number of aromatic nitrogens is 1. The maximum absolute atomic E-state index is 12.3. The summed E-state index contributed by atoms with van der Waals surface area (Å²) in [6, 6.07) is 4.56. The maximum atomic E-state index is 12.3. The lowest BCUT2D eigenvalue weighted by Gasteiger charge is -2.32. The van der Waals surface area contributed by atoms with Crippen LogP contribution in [-0.4, -0.2) is 71.8 Å². The monoisotopic (exact) mass is 392 g/mol. The molecule has 2 fully saturated rings. The number of thioether (sulfide) groups is 1. The number of carbonyl (C=O) groups is 1. The summed E-state index contributed by atoms with van der Waals surface area (Å²) >= 11 is 1.68. The van der Waals surface area contributed by atoms with Crippen LogP contribution in [0.2, 0.25) is 0 Å². The zero-order chi connectivity index (χ0) is 15.2. The first-order valence-corrected chi connectivity index (χ1v) is 9.17. The Balaban J connectivity index is 0.00000144. The summed E-state index contributed by atoms with van der Waals surface area (Å²) < 4.78 is 0. The average molecular weight is 393 g/mol. The van der Waals surface area contributed by atoms with Crippen LogP contribution < -0.4 is 5.32 Å². The highest BCUT2D eigenvalue weighted by Gasteiger charge is 2.30. The number of nitrogens with one attached hydrogen (secondary N) is 1. The molecule has 1 amide bonds. The lowest BCUT2D eigenvalue weighted by atomic mass is 10.2. The molecule has 3 heterocycles. The molecule has 136 valence electrons. The number of halogens is 2. The van der Waals surface area contributed by atoms with Crippen molar-refractivity contribution in [2.45, 2.75) is 18.2 Å². The topological polar surface area (TPSA) is 48.5 Å². The zero-order valence-electron chi connectivity index (χ0n) is 13.7. The van der Waals surface area contributed by atoms with Gasteiger partial charge in [0, 0.05) is 63.5 Å². The van der Waals surface area contributed by atoms with E-state index in [9.17, 15) is 4.79 Å². The van der Waals surface area contributed by atoms with Gasteiger partial charge in [0.1, 0.15) is 0 Å². The molecular weight excluding hydrogens is 367 g/mol. The van der Waals surface area contributed by atoms with Gasteiger partial charge in [-0.15, -0.1) is 36.6 Å². The molecule has 8 heteroatoms. The molecule has 1 N–H and O–H groups in total. The fraction of sp³-hybridized carbons (Fsp3) is 0.625. The molecule has 0 radical (unpaired) electrons. The second kappa shape index (κ2) is 11.2. The molecule has 2 aliphatic rings. The van der Waals surface area contributed by atoms with E-state index in [1.54, 1.807) is 18.0 Å². The van der Waals surface area contributed by atoms with Gasteiger partial charge in [-0.05, 0) is 18.1 Å². The van der Waals surface area contributed by atoms with E-state index < -0.39 is 0 Å². The first kappa shape index (κ1) is 21.5. The molecule has 1 unspecified atom stereocenters. The summed E-state index contributed by atoms with van der Waals surface area (Å²) in [5.41, 5.74) is 1.18. The van der Waals surface area contributed by atoms with E-state index in [0.717, 1.165) is 51.4 Å². The number of nitrogens with zero attached hydrogens (tertiary/aromatic N) is 3. The van der Waals surface area contributed by atoms with Gasteiger partial charge in [-0.3, -0.25) is 14.7 Å². The van der Waals surface area contributed by atoms with Crippen molar-refractivity contribution in [3.8, 4) is 0 Å². The van der Waals surface area contributed by atoms with Gasteiger partial charge in [-0.1, -0.05) is 6.07 Å². The van der Waals surface area contributed by atoms with Crippen LogP contribution >= 0.6 is 36.6 Å². The normalized spacial score (nSPS) is 21.0. The van der Waals surface area contributed by atoms with Crippen molar-refractivity contribution in [2.75, 3.05) is 45.0 Å². The van der Waals surface area contributed by atoms with Gasteiger partial charge >= 0.3 is 0 Å². The first-order valence-electron chi connectivity index (χ1n) is 8.02. The van der Waals surface area contributed by atoms with E-state index in [4.69, 9.17) is 0 Å². The number of hydrogen-bond donors (Lipinski definition) is 1. The van der Waals surface area contributed by atoms with Crippen LogP contribution in [0.3, 0.4) is 0 Å². The summed E-state index contributed by atoms with van der Waals surface area (Å²) in [4.78, 5) is 21.0. The number of carbonyl (C=O) groups excluding carboxylic acids is 1. The zero-order valence-corrected chi connectivity index (χ0v) is 16.2. The SMILES string of the molecule is Cl.Cl.O=C(CSCc1cccnc1)N1CCC(N2CCNCC2)C1. The molecule has 1 atom stereocenters. The third kappa shape index (κ3) is 6.08.